The number of hydrogen-bond donors (Lipinski definition) is 0. The largest absolute Gasteiger partial charge is 0.0993 e. The van der Waals surface area contributed by atoms with Gasteiger partial charge in [-0.1, -0.05) is 45.1 Å². The SMILES string of the molecule is C=C1CCC[C@]1(C)[C@]1(C)C=CC([14CH3])CC1. The molecule has 0 heteroatoms. The van der Waals surface area contributed by atoms with Gasteiger partial charge in [-0.15, -0.1) is 0 Å². The van der Waals surface area contributed by atoms with Gasteiger partial charge >= 0.3 is 0 Å². The minimum atomic E-state index is 0.365. The highest BCUT2D eigenvalue weighted by Gasteiger charge is 2.47. The van der Waals surface area contributed by atoms with Crippen LogP contribution in [-0.2, 0) is 0 Å². The smallest absolute Gasteiger partial charge is 0.00307 e. The maximum absolute atomic E-state index is 4.31. The lowest BCUT2D eigenvalue weighted by atomic mass is 9.59. The van der Waals surface area contributed by atoms with E-state index >= 15 is 0 Å². The first-order valence-electron chi connectivity index (χ1n) is 6.36. The first-order valence-corrected chi connectivity index (χ1v) is 6.36. The molecule has 3 atom stereocenters. The molecule has 2 aliphatic carbocycles. The third-order valence-corrected chi connectivity index (χ3v) is 5.11. The molecule has 0 heterocycles. The van der Waals surface area contributed by atoms with E-state index in [4.69, 9.17) is 0 Å². The molecule has 0 aliphatic heterocycles. The summed E-state index contributed by atoms with van der Waals surface area (Å²) < 4.78 is 0. The third-order valence-electron chi connectivity index (χ3n) is 5.11. The van der Waals surface area contributed by atoms with Crippen molar-refractivity contribution in [1.29, 1.82) is 0 Å². The fourth-order valence-corrected chi connectivity index (χ4v) is 3.34. The monoisotopic (exact) mass is 206 g/mol. The summed E-state index contributed by atoms with van der Waals surface area (Å²) in [7, 11) is 0. The van der Waals surface area contributed by atoms with Crippen LogP contribution in [0.4, 0.5) is 0 Å². The van der Waals surface area contributed by atoms with Crippen molar-refractivity contribution in [3.05, 3.63) is 24.3 Å². The molecule has 1 fully saturated rings. The van der Waals surface area contributed by atoms with Crippen molar-refractivity contribution in [2.24, 2.45) is 16.7 Å². The van der Waals surface area contributed by atoms with Crippen LogP contribution in [0.3, 0.4) is 0 Å². The molecule has 0 aromatic rings. The topological polar surface area (TPSA) is 0 Å². The van der Waals surface area contributed by atoms with Crippen LogP contribution in [0.5, 0.6) is 0 Å². The van der Waals surface area contributed by atoms with Gasteiger partial charge in [0, 0.05) is 0 Å². The molecule has 84 valence electrons. The Bertz CT molecular complexity index is 299. The van der Waals surface area contributed by atoms with Gasteiger partial charge in [-0.2, -0.15) is 0 Å². The Hall–Kier alpha value is -0.520. The molecule has 2 aliphatic rings. The van der Waals surface area contributed by atoms with Gasteiger partial charge in [0.1, 0.15) is 0 Å². The molecule has 1 unspecified atom stereocenters. The Kier molecular flexibility index (Phi) is 2.56. The molecular weight excluding hydrogens is 182 g/mol. The molecule has 1 saturated carbocycles. The summed E-state index contributed by atoms with van der Waals surface area (Å²) in [4.78, 5) is 0. The molecule has 15 heavy (non-hydrogen) atoms. The van der Waals surface area contributed by atoms with Crippen LogP contribution in [-0.4, -0.2) is 0 Å². The van der Waals surface area contributed by atoms with Crippen LogP contribution in [0.1, 0.15) is 52.9 Å². The lowest BCUT2D eigenvalue weighted by Crippen LogP contribution is -2.36. The lowest BCUT2D eigenvalue weighted by Gasteiger charge is -2.46. The van der Waals surface area contributed by atoms with E-state index in [1.807, 2.05) is 0 Å². The minimum absolute atomic E-state index is 0.365. The summed E-state index contributed by atoms with van der Waals surface area (Å²) in [5, 5.41) is 0. The highest BCUT2D eigenvalue weighted by molar-refractivity contribution is 5.24. The van der Waals surface area contributed by atoms with Crippen molar-refractivity contribution in [2.45, 2.75) is 52.9 Å². The van der Waals surface area contributed by atoms with Gasteiger partial charge in [-0.25, -0.2) is 0 Å². The summed E-state index contributed by atoms with van der Waals surface area (Å²) in [5.74, 6) is 0.774. The average Bonchev–Trinajstić information content (AvgIpc) is 2.54. The summed E-state index contributed by atoms with van der Waals surface area (Å²) in [6, 6.07) is 0. The van der Waals surface area contributed by atoms with Gasteiger partial charge in [0.25, 0.3) is 0 Å². The number of allylic oxidation sites excluding steroid dienone is 3. The molecule has 0 amide bonds. The lowest BCUT2D eigenvalue weighted by molar-refractivity contribution is 0.143. The summed E-state index contributed by atoms with van der Waals surface area (Å²) in [5.41, 5.74) is 2.22. The standard InChI is InChI=1S/C15H24/c1-12-7-10-14(3,11-8-12)15(4)9-5-6-13(15)2/h7,10,12H,2,5-6,8-9,11H2,1,3-4H3/t12?,14-,15+/m1/s1/i1+2. The number of rotatable bonds is 1. The van der Waals surface area contributed by atoms with Gasteiger partial charge in [0.2, 0.25) is 0 Å². The normalized spacial score (nSPS) is 46.1. The van der Waals surface area contributed by atoms with Crippen LogP contribution in [0, 0.1) is 16.7 Å². The van der Waals surface area contributed by atoms with Gasteiger partial charge in [-0.05, 0) is 48.9 Å². The van der Waals surface area contributed by atoms with Crippen LogP contribution >= 0.6 is 0 Å². The van der Waals surface area contributed by atoms with Crippen molar-refractivity contribution in [3.8, 4) is 0 Å². The highest BCUT2D eigenvalue weighted by Crippen LogP contribution is 2.57. The first-order chi connectivity index (χ1) is 6.98. The van der Waals surface area contributed by atoms with E-state index in [1.54, 1.807) is 0 Å². The zero-order chi connectivity index (χ0) is 11.1. The summed E-state index contributed by atoms with van der Waals surface area (Å²) in [6.07, 6.45) is 11.5. The van der Waals surface area contributed by atoms with Crippen LogP contribution in [0.2, 0.25) is 0 Å². The van der Waals surface area contributed by atoms with Crippen molar-refractivity contribution in [2.75, 3.05) is 0 Å². The Labute approximate surface area is 94.5 Å². The molecular formula is C15H24. The number of hydrogen-bond acceptors (Lipinski definition) is 0. The molecule has 0 radical (unpaired) electrons. The average molecular weight is 206 g/mol. The van der Waals surface area contributed by atoms with E-state index in [2.05, 4.69) is 39.5 Å². The Balaban J connectivity index is 2.29. The summed E-state index contributed by atoms with van der Waals surface area (Å²) in [6.45, 7) is 11.5. The molecule has 0 aromatic carbocycles. The maximum atomic E-state index is 4.31. The van der Waals surface area contributed by atoms with E-state index in [1.165, 1.54) is 37.7 Å². The zero-order valence-corrected chi connectivity index (χ0v) is 10.5. The van der Waals surface area contributed by atoms with Crippen LogP contribution in [0.25, 0.3) is 0 Å². The Morgan fingerprint density at radius 3 is 2.60 bits per heavy atom. The van der Waals surface area contributed by atoms with Crippen molar-refractivity contribution in [3.63, 3.8) is 0 Å². The van der Waals surface area contributed by atoms with Crippen LogP contribution in [0.15, 0.2) is 24.3 Å². The second kappa shape index (κ2) is 3.50. The quantitative estimate of drug-likeness (QED) is 0.544. The van der Waals surface area contributed by atoms with Crippen molar-refractivity contribution >= 4 is 0 Å². The molecule has 0 spiro atoms. The molecule has 0 saturated heterocycles. The van der Waals surface area contributed by atoms with E-state index in [9.17, 15) is 0 Å². The van der Waals surface area contributed by atoms with E-state index < -0.39 is 0 Å². The van der Waals surface area contributed by atoms with Gasteiger partial charge < -0.3 is 0 Å². The van der Waals surface area contributed by atoms with Gasteiger partial charge in [0.05, 0.1) is 0 Å². The maximum Gasteiger partial charge on any atom is -0.00307 e. The molecule has 0 nitrogen and oxygen atoms in total. The third kappa shape index (κ3) is 1.58. The Morgan fingerprint density at radius 2 is 2.13 bits per heavy atom. The second-order valence-electron chi connectivity index (χ2n) is 6.08. The van der Waals surface area contributed by atoms with E-state index in [-0.39, 0.29) is 0 Å². The summed E-state index contributed by atoms with van der Waals surface area (Å²) >= 11 is 0. The van der Waals surface area contributed by atoms with Crippen LogP contribution < -0.4 is 0 Å². The molecule has 0 aromatic heterocycles. The second-order valence-corrected chi connectivity index (χ2v) is 6.08. The fraction of sp³-hybridized carbons (Fsp3) is 0.733. The van der Waals surface area contributed by atoms with E-state index in [0.29, 0.717) is 10.8 Å². The zero-order valence-electron chi connectivity index (χ0n) is 10.5. The van der Waals surface area contributed by atoms with Gasteiger partial charge in [-0.3, -0.25) is 0 Å². The highest BCUT2D eigenvalue weighted by atomic mass is 14.6. The van der Waals surface area contributed by atoms with E-state index in [0.717, 1.165) is 5.92 Å². The Morgan fingerprint density at radius 1 is 1.40 bits per heavy atom. The first kappa shape index (κ1) is 11.0. The molecule has 0 bridgehead atoms. The van der Waals surface area contributed by atoms with Crippen molar-refractivity contribution < 1.29 is 0 Å². The van der Waals surface area contributed by atoms with Gasteiger partial charge in [0.15, 0.2) is 0 Å². The fourth-order valence-electron chi connectivity index (χ4n) is 3.34. The minimum Gasteiger partial charge on any atom is -0.0993 e. The predicted octanol–water partition coefficient (Wildman–Crippen LogP) is 4.73. The predicted molar refractivity (Wildman–Crippen MR) is 66.7 cm³/mol. The molecule has 2 rings (SSSR count). The molecule has 0 N–H and O–H groups in total. The van der Waals surface area contributed by atoms with Crippen molar-refractivity contribution in [1.82, 2.24) is 0 Å².